The van der Waals surface area contributed by atoms with Gasteiger partial charge in [0.15, 0.2) is 0 Å². The summed E-state index contributed by atoms with van der Waals surface area (Å²) < 4.78 is 0.782. The third-order valence-corrected chi connectivity index (χ3v) is 3.07. The Kier molecular flexibility index (Phi) is 3.61. The average molecular weight is 291 g/mol. The van der Waals surface area contributed by atoms with E-state index in [0.717, 1.165) is 17.7 Å². The van der Waals surface area contributed by atoms with E-state index in [9.17, 15) is 0 Å². The van der Waals surface area contributed by atoms with Gasteiger partial charge in [0.1, 0.15) is 9.76 Å². The molecule has 15 heavy (non-hydrogen) atoms. The molecule has 5 heteroatoms. The molecule has 2 N–H and O–H groups in total. The Hall–Kier alpha value is -0.160. The van der Waals surface area contributed by atoms with Crippen molar-refractivity contribution in [3.63, 3.8) is 0 Å². The minimum atomic E-state index is 0.311. The van der Waals surface area contributed by atoms with E-state index in [-0.39, 0.29) is 0 Å². The third-order valence-electron chi connectivity index (χ3n) is 2.47. The van der Waals surface area contributed by atoms with Gasteiger partial charge in [-0.05, 0) is 40.5 Å². The summed E-state index contributed by atoms with van der Waals surface area (Å²) in [5, 5.41) is 7.43. The third kappa shape index (κ3) is 2.91. The van der Waals surface area contributed by atoms with Crippen LogP contribution in [0.4, 0.5) is 0 Å². The van der Waals surface area contributed by atoms with Gasteiger partial charge in [-0.3, -0.25) is 0 Å². The van der Waals surface area contributed by atoms with E-state index in [2.05, 4.69) is 38.5 Å². The van der Waals surface area contributed by atoms with Crippen LogP contribution in [0.15, 0.2) is 16.7 Å². The molecule has 0 saturated carbocycles. The first-order valence-corrected chi connectivity index (χ1v) is 6.12. The van der Waals surface area contributed by atoms with Crippen LogP contribution in [0.25, 0.3) is 0 Å². The Morgan fingerprint density at radius 3 is 2.93 bits per heavy atom. The Morgan fingerprint density at radius 2 is 2.27 bits per heavy atom. The number of aromatic nitrogens is 1. The first-order valence-electron chi connectivity index (χ1n) is 4.95. The fourth-order valence-electron chi connectivity index (χ4n) is 1.80. The van der Waals surface area contributed by atoms with Crippen LogP contribution in [-0.4, -0.2) is 24.1 Å². The Bertz CT molecular complexity index is 338. The zero-order valence-electron chi connectivity index (χ0n) is 8.43. The molecule has 0 bridgehead atoms. The van der Waals surface area contributed by atoms with Gasteiger partial charge in [-0.1, -0.05) is 11.6 Å². The maximum atomic E-state index is 5.92. The second-order valence-electron chi connectivity index (χ2n) is 3.82. The number of nitrogens with zero attached hydrogens (tertiary/aromatic N) is 1. The summed E-state index contributed by atoms with van der Waals surface area (Å²) in [6.45, 7) is 4.10. The zero-order valence-corrected chi connectivity index (χ0v) is 10.8. The van der Waals surface area contributed by atoms with Crippen molar-refractivity contribution >= 4 is 27.5 Å². The van der Waals surface area contributed by atoms with Crippen molar-refractivity contribution in [1.29, 1.82) is 0 Å². The fourth-order valence-corrected chi connectivity index (χ4v) is 2.58. The molecule has 82 valence electrons. The molecule has 1 aromatic rings. The predicted octanol–water partition coefficient (Wildman–Crippen LogP) is 2.12. The lowest BCUT2D eigenvalue weighted by Crippen LogP contribution is -2.48. The number of piperazine rings is 1. The molecule has 2 rings (SSSR count). The summed E-state index contributed by atoms with van der Waals surface area (Å²) >= 11 is 9.27. The lowest BCUT2D eigenvalue weighted by molar-refractivity contribution is 0.360. The Balaban J connectivity index is 2.20. The van der Waals surface area contributed by atoms with Gasteiger partial charge in [0, 0.05) is 25.2 Å². The van der Waals surface area contributed by atoms with E-state index in [0.29, 0.717) is 17.2 Å². The molecular weight excluding hydrogens is 277 g/mol. The molecule has 1 aliphatic heterocycles. The average Bonchev–Trinajstić information content (AvgIpc) is 2.16. The van der Waals surface area contributed by atoms with Gasteiger partial charge in [0.2, 0.25) is 0 Å². The van der Waals surface area contributed by atoms with E-state index in [4.69, 9.17) is 11.6 Å². The van der Waals surface area contributed by atoms with Gasteiger partial charge in [-0.15, -0.1) is 0 Å². The second kappa shape index (κ2) is 4.78. The molecule has 1 aromatic heterocycles. The minimum absolute atomic E-state index is 0.311. The summed E-state index contributed by atoms with van der Waals surface area (Å²) in [5.74, 6) is 0. The zero-order chi connectivity index (χ0) is 10.8. The lowest BCUT2D eigenvalue weighted by atomic mass is 10.1. The smallest absolute Gasteiger partial charge is 0.130 e. The number of rotatable bonds is 1. The Labute approximate surface area is 103 Å². The maximum absolute atomic E-state index is 5.92. The van der Waals surface area contributed by atoms with Crippen LogP contribution in [0, 0.1) is 0 Å². The second-order valence-corrected chi connectivity index (χ2v) is 5.02. The monoisotopic (exact) mass is 289 g/mol. The van der Waals surface area contributed by atoms with Crippen LogP contribution in [0.5, 0.6) is 0 Å². The molecule has 0 amide bonds. The predicted molar refractivity (Wildman–Crippen MR) is 65.2 cm³/mol. The summed E-state index contributed by atoms with van der Waals surface area (Å²) in [6, 6.07) is 4.70. The topological polar surface area (TPSA) is 37.0 Å². The van der Waals surface area contributed by atoms with Gasteiger partial charge in [0.25, 0.3) is 0 Å². The number of halogens is 2. The van der Waals surface area contributed by atoms with Crippen LogP contribution in [0.3, 0.4) is 0 Å². The highest BCUT2D eigenvalue weighted by atomic mass is 79.9. The number of hydrogen-bond donors (Lipinski definition) is 2. The van der Waals surface area contributed by atoms with Crippen LogP contribution in [0.1, 0.15) is 18.5 Å². The van der Waals surface area contributed by atoms with Crippen molar-refractivity contribution in [3.05, 3.63) is 27.5 Å². The van der Waals surface area contributed by atoms with Crippen LogP contribution >= 0.6 is 27.5 Å². The molecule has 0 unspecified atom stereocenters. The molecule has 1 aliphatic rings. The summed E-state index contributed by atoms with van der Waals surface area (Å²) in [5.41, 5.74) is 1.17. The van der Waals surface area contributed by atoms with Gasteiger partial charge in [-0.25, -0.2) is 4.98 Å². The highest BCUT2D eigenvalue weighted by molar-refractivity contribution is 9.10. The number of hydrogen-bond acceptors (Lipinski definition) is 3. The highest BCUT2D eigenvalue weighted by Crippen LogP contribution is 2.21. The standard InChI is InChI=1S/C10H13BrClN3/c1-6-4-13-5-8(14-6)7-2-9(11)15-10(12)3-7/h2-3,6,8,13-14H,4-5H2,1H3/t6-,8+/m1/s1. The van der Waals surface area contributed by atoms with E-state index in [1.807, 2.05) is 12.1 Å². The number of nitrogens with one attached hydrogen (secondary N) is 2. The van der Waals surface area contributed by atoms with Crippen molar-refractivity contribution < 1.29 is 0 Å². The van der Waals surface area contributed by atoms with Crippen LogP contribution < -0.4 is 10.6 Å². The van der Waals surface area contributed by atoms with Crippen molar-refractivity contribution in [2.24, 2.45) is 0 Å². The molecular formula is C10H13BrClN3. The molecule has 0 aromatic carbocycles. The maximum Gasteiger partial charge on any atom is 0.130 e. The van der Waals surface area contributed by atoms with Crippen molar-refractivity contribution in [1.82, 2.24) is 15.6 Å². The van der Waals surface area contributed by atoms with Gasteiger partial charge < -0.3 is 10.6 Å². The van der Waals surface area contributed by atoms with E-state index >= 15 is 0 Å². The van der Waals surface area contributed by atoms with E-state index in [1.165, 1.54) is 5.56 Å². The molecule has 0 aliphatic carbocycles. The van der Waals surface area contributed by atoms with Crippen molar-refractivity contribution in [3.8, 4) is 0 Å². The normalized spacial score (nSPS) is 26.6. The number of pyridine rings is 1. The Morgan fingerprint density at radius 1 is 1.47 bits per heavy atom. The molecule has 2 atom stereocenters. The first kappa shape index (κ1) is 11.3. The SMILES string of the molecule is C[C@@H]1CNC[C@@H](c2cc(Cl)nc(Br)c2)N1. The highest BCUT2D eigenvalue weighted by Gasteiger charge is 2.19. The quantitative estimate of drug-likeness (QED) is 0.778. The van der Waals surface area contributed by atoms with Crippen LogP contribution in [0.2, 0.25) is 5.15 Å². The largest absolute Gasteiger partial charge is 0.313 e. The van der Waals surface area contributed by atoms with Crippen LogP contribution in [-0.2, 0) is 0 Å². The molecule has 2 heterocycles. The minimum Gasteiger partial charge on any atom is -0.313 e. The molecule has 0 spiro atoms. The lowest BCUT2D eigenvalue weighted by Gasteiger charge is -2.30. The van der Waals surface area contributed by atoms with Gasteiger partial charge in [-0.2, -0.15) is 0 Å². The summed E-state index contributed by atoms with van der Waals surface area (Å²) in [7, 11) is 0. The van der Waals surface area contributed by atoms with Crippen molar-refractivity contribution in [2.45, 2.75) is 19.0 Å². The molecule has 3 nitrogen and oxygen atoms in total. The van der Waals surface area contributed by atoms with Gasteiger partial charge >= 0.3 is 0 Å². The summed E-state index contributed by atoms with van der Waals surface area (Å²) in [4.78, 5) is 4.08. The molecule has 0 radical (unpaired) electrons. The van der Waals surface area contributed by atoms with E-state index in [1.54, 1.807) is 0 Å². The first-order chi connectivity index (χ1) is 7.15. The van der Waals surface area contributed by atoms with Crippen molar-refractivity contribution in [2.75, 3.05) is 13.1 Å². The molecule has 1 saturated heterocycles. The molecule has 1 fully saturated rings. The van der Waals surface area contributed by atoms with E-state index < -0.39 is 0 Å². The van der Waals surface area contributed by atoms with Gasteiger partial charge in [0.05, 0.1) is 0 Å². The fraction of sp³-hybridized carbons (Fsp3) is 0.500. The summed E-state index contributed by atoms with van der Waals surface area (Å²) in [6.07, 6.45) is 0.